The van der Waals surface area contributed by atoms with Crippen molar-refractivity contribution in [1.29, 1.82) is 0 Å². The Bertz CT molecular complexity index is 1060. The number of hydrogen-bond donors (Lipinski definition) is 2. The summed E-state index contributed by atoms with van der Waals surface area (Å²) in [7, 11) is 0. The molecule has 1 heterocycles. The van der Waals surface area contributed by atoms with Gasteiger partial charge in [0.1, 0.15) is 6.54 Å². The summed E-state index contributed by atoms with van der Waals surface area (Å²) in [6, 6.07) is 12.0. The monoisotopic (exact) mass is 367 g/mol. The van der Waals surface area contributed by atoms with Crippen LogP contribution in [-0.4, -0.2) is 22.4 Å². The fraction of sp³-hybridized carbons (Fsp3) is 0.250. The van der Waals surface area contributed by atoms with Crippen molar-refractivity contribution >= 4 is 28.6 Å². The second kappa shape index (κ2) is 7.49. The van der Waals surface area contributed by atoms with Gasteiger partial charge in [0.2, 0.25) is 5.91 Å². The van der Waals surface area contributed by atoms with Gasteiger partial charge in [-0.05, 0) is 56.7 Å². The van der Waals surface area contributed by atoms with E-state index in [9.17, 15) is 14.4 Å². The highest BCUT2D eigenvalue weighted by molar-refractivity contribution is 5.96. The van der Waals surface area contributed by atoms with E-state index in [0.717, 1.165) is 5.56 Å². The van der Waals surface area contributed by atoms with Crippen LogP contribution in [0.4, 0.5) is 5.69 Å². The zero-order valence-corrected chi connectivity index (χ0v) is 15.4. The van der Waals surface area contributed by atoms with Crippen LogP contribution in [0.2, 0.25) is 0 Å². The number of nitrogens with one attached hydrogen (secondary N) is 2. The van der Waals surface area contributed by atoms with Crippen molar-refractivity contribution in [2.24, 2.45) is 0 Å². The molecule has 7 nitrogen and oxygen atoms in total. The molecule has 27 heavy (non-hydrogen) atoms. The zero-order chi connectivity index (χ0) is 19.6. The highest BCUT2D eigenvalue weighted by Gasteiger charge is 2.14. The molecule has 0 aliphatic rings. The molecule has 0 saturated heterocycles. The van der Waals surface area contributed by atoms with Gasteiger partial charge < -0.3 is 15.1 Å². The highest BCUT2D eigenvalue weighted by atomic mass is 16.4. The second-order valence-electron chi connectivity index (χ2n) is 6.63. The first kappa shape index (κ1) is 18.4. The van der Waals surface area contributed by atoms with E-state index in [4.69, 9.17) is 4.42 Å². The molecule has 2 aromatic carbocycles. The van der Waals surface area contributed by atoms with Crippen molar-refractivity contribution in [3.8, 4) is 0 Å². The Balaban J connectivity index is 1.75. The third kappa shape index (κ3) is 4.08. The first-order chi connectivity index (χ1) is 12.8. The minimum atomic E-state index is -0.580. The number of aryl methyl sites for hydroxylation is 1. The van der Waals surface area contributed by atoms with Crippen molar-refractivity contribution in [3.05, 3.63) is 64.1 Å². The van der Waals surface area contributed by atoms with Crippen LogP contribution < -0.4 is 16.4 Å². The molecule has 140 valence electrons. The number of para-hydroxylation sites is 2. The van der Waals surface area contributed by atoms with Gasteiger partial charge in [-0.15, -0.1) is 0 Å². The molecule has 0 saturated carbocycles. The summed E-state index contributed by atoms with van der Waals surface area (Å²) in [5.74, 6) is -1.10. The third-order valence-corrected chi connectivity index (χ3v) is 4.06. The summed E-state index contributed by atoms with van der Waals surface area (Å²) in [6.45, 7) is 5.42. The number of fused-ring (bicyclic) bond motifs is 1. The molecule has 0 unspecified atom stereocenters. The van der Waals surface area contributed by atoms with Crippen molar-refractivity contribution < 1.29 is 14.0 Å². The molecule has 1 aromatic heterocycles. The standard InChI is InChI=1S/C20H21N3O4/c1-12(2)21-19(25)14-8-9-15(13(3)10-14)22-18(24)11-23-16-6-4-5-7-17(16)27-20(23)26/h4-10,12H,11H2,1-3H3,(H,21,25)(H,22,24). The highest BCUT2D eigenvalue weighted by Crippen LogP contribution is 2.17. The molecule has 3 rings (SSSR count). The molecule has 0 radical (unpaired) electrons. The number of amides is 2. The maximum absolute atomic E-state index is 12.4. The van der Waals surface area contributed by atoms with Gasteiger partial charge in [0.05, 0.1) is 5.52 Å². The van der Waals surface area contributed by atoms with Crippen molar-refractivity contribution in [2.75, 3.05) is 5.32 Å². The number of anilines is 1. The van der Waals surface area contributed by atoms with E-state index in [2.05, 4.69) is 10.6 Å². The van der Waals surface area contributed by atoms with Crippen molar-refractivity contribution in [3.63, 3.8) is 0 Å². The van der Waals surface area contributed by atoms with E-state index in [0.29, 0.717) is 22.4 Å². The van der Waals surface area contributed by atoms with Crippen LogP contribution in [0.1, 0.15) is 29.8 Å². The number of benzene rings is 2. The first-order valence-electron chi connectivity index (χ1n) is 8.65. The lowest BCUT2D eigenvalue weighted by molar-refractivity contribution is -0.116. The maximum atomic E-state index is 12.4. The summed E-state index contributed by atoms with van der Waals surface area (Å²) >= 11 is 0. The molecule has 0 aliphatic carbocycles. The number of aromatic nitrogens is 1. The Morgan fingerprint density at radius 1 is 1.15 bits per heavy atom. The van der Waals surface area contributed by atoms with Crippen LogP contribution in [0.15, 0.2) is 51.7 Å². The lowest BCUT2D eigenvalue weighted by Gasteiger charge is -2.12. The largest absolute Gasteiger partial charge is 0.420 e. The summed E-state index contributed by atoms with van der Waals surface area (Å²) in [5, 5.41) is 5.60. The Morgan fingerprint density at radius 3 is 2.59 bits per heavy atom. The van der Waals surface area contributed by atoms with Crippen LogP contribution in [0.5, 0.6) is 0 Å². The number of hydrogen-bond acceptors (Lipinski definition) is 4. The Hall–Kier alpha value is -3.35. The molecular formula is C20H21N3O4. The van der Waals surface area contributed by atoms with Crippen LogP contribution >= 0.6 is 0 Å². The number of carbonyl (C=O) groups is 2. The number of oxazole rings is 1. The summed E-state index contributed by atoms with van der Waals surface area (Å²) < 4.78 is 6.41. The van der Waals surface area contributed by atoms with E-state index >= 15 is 0 Å². The van der Waals surface area contributed by atoms with Crippen molar-refractivity contribution in [2.45, 2.75) is 33.4 Å². The summed E-state index contributed by atoms with van der Waals surface area (Å²) in [5.41, 5.74) is 2.87. The third-order valence-electron chi connectivity index (χ3n) is 4.06. The molecule has 0 spiro atoms. The summed E-state index contributed by atoms with van der Waals surface area (Å²) in [4.78, 5) is 36.4. The van der Waals surface area contributed by atoms with E-state index in [1.165, 1.54) is 4.57 Å². The van der Waals surface area contributed by atoms with E-state index < -0.39 is 5.76 Å². The van der Waals surface area contributed by atoms with Gasteiger partial charge in [0.15, 0.2) is 5.58 Å². The van der Waals surface area contributed by atoms with Gasteiger partial charge in [0.25, 0.3) is 5.91 Å². The minimum Gasteiger partial charge on any atom is -0.408 e. The van der Waals surface area contributed by atoms with E-state index in [1.807, 2.05) is 13.8 Å². The molecule has 0 fully saturated rings. The number of carbonyl (C=O) groups excluding carboxylic acids is 2. The van der Waals surface area contributed by atoms with Crippen molar-refractivity contribution in [1.82, 2.24) is 9.88 Å². The maximum Gasteiger partial charge on any atom is 0.420 e. The molecular weight excluding hydrogens is 346 g/mol. The van der Waals surface area contributed by atoms with E-state index in [1.54, 1.807) is 49.4 Å². The SMILES string of the molecule is Cc1cc(C(=O)NC(C)C)ccc1NC(=O)Cn1c(=O)oc2ccccc21. The number of rotatable bonds is 5. The molecule has 3 aromatic rings. The van der Waals surface area contributed by atoms with Crippen LogP contribution in [0.3, 0.4) is 0 Å². The normalized spacial score (nSPS) is 11.0. The average Bonchev–Trinajstić information content (AvgIpc) is 2.91. The Morgan fingerprint density at radius 2 is 1.89 bits per heavy atom. The fourth-order valence-corrected chi connectivity index (χ4v) is 2.79. The molecule has 2 amide bonds. The van der Waals surface area contributed by atoms with E-state index in [-0.39, 0.29) is 24.4 Å². The van der Waals surface area contributed by atoms with Gasteiger partial charge in [0, 0.05) is 17.3 Å². The first-order valence-corrected chi connectivity index (χ1v) is 8.65. The average molecular weight is 367 g/mol. The van der Waals surface area contributed by atoms with Crippen LogP contribution in [0, 0.1) is 6.92 Å². The lowest BCUT2D eigenvalue weighted by Crippen LogP contribution is -2.30. The number of nitrogens with zero attached hydrogens (tertiary/aromatic N) is 1. The van der Waals surface area contributed by atoms with Crippen LogP contribution in [-0.2, 0) is 11.3 Å². The van der Waals surface area contributed by atoms with Gasteiger partial charge in [-0.25, -0.2) is 4.79 Å². The molecule has 0 bridgehead atoms. The van der Waals surface area contributed by atoms with Gasteiger partial charge in [-0.2, -0.15) is 0 Å². The second-order valence-corrected chi connectivity index (χ2v) is 6.63. The predicted octanol–water partition coefficient (Wildman–Crippen LogP) is 2.68. The molecule has 0 aliphatic heterocycles. The predicted molar refractivity (Wildman–Crippen MR) is 103 cm³/mol. The van der Waals surface area contributed by atoms with Gasteiger partial charge in [-0.3, -0.25) is 14.2 Å². The molecule has 7 heteroatoms. The smallest absolute Gasteiger partial charge is 0.408 e. The topological polar surface area (TPSA) is 93.3 Å². The summed E-state index contributed by atoms with van der Waals surface area (Å²) in [6.07, 6.45) is 0. The lowest BCUT2D eigenvalue weighted by atomic mass is 10.1. The van der Waals surface area contributed by atoms with Gasteiger partial charge in [-0.1, -0.05) is 12.1 Å². The molecule has 0 atom stereocenters. The zero-order valence-electron chi connectivity index (χ0n) is 15.4. The van der Waals surface area contributed by atoms with Crippen LogP contribution in [0.25, 0.3) is 11.1 Å². The van der Waals surface area contributed by atoms with Gasteiger partial charge >= 0.3 is 5.76 Å². The fourth-order valence-electron chi connectivity index (χ4n) is 2.79. The quantitative estimate of drug-likeness (QED) is 0.725. The Kier molecular flexibility index (Phi) is 5.12. The molecule has 2 N–H and O–H groups in total. The Labute approximate surface area is 156 Å². The minimum absolute atomic E-state index is 0.0419.